The maximum atomic E-state index is 11.2. The van der Waals surface area contributed by atoms with Crippen LogP contribution in [0.2, 0.25) is 0 Å². The number of carbonyl (C=O) groups is 2. The highest BCUT2D eigenvalue weighted by Crippen LogP contribution is 2.26. The Kier molecular flexibility index (Phi) is 3.81. The van der Waals surface area contributed by atoms with Gasteiger partial charge in [-0.05, 0) is 11.4 Å². The van der Waals surface area contributed by atoms with Gasteiger partial charge >= 0.3 is 11.9 Å². The van der Waals surface area contributed by atoms with E-state index in [4.69, 9.17) is 5.11 Å². The van der Waals surface area contributed by atoms with Crippen LogP contribution < -0.4 is 0 Å². The van der Waals surface area contributed by atoms with Crippen LogP contribution in [0.25, 0.3) is 0 Å². The third-order valence-corrected chi connectivity index (χ3v) is 2.70. The number of methoxy groups -OCH3 is 1. The predicted molar refractivity (Wildman–Crippen MR) is 52.9 cm³/mol. The molecule has 0 amide bonds. The molecular weight excluding hydrogens is 220 g/mol. The lowest BCUT2D eigenvalue weighted by atomic mass is 10.1. The molecule has 1 heterocycles. The number of esters is 1. The fourth-order valence-corrected chi connectivity index (χ4v) is 1.99. The minimum absolute atomic E-state index is 0.242. The van der Waals surface area contributed by atoms with E-state index in [9.17, 15) is 14.7 Å². The standard InChI is InChI=1S/C9H10O5S/c1-14-9(13)8-5(2-3-15-8)6(10)4-7(11)12/h2-3,6,10H,4H2,1H3,(H,11,12). The molecule has 82 valence electrons. The molecule has 1 rings (SSSR count). The summed E-state index contributed by atoms with van der Waals surface area (Å²) in [4.78, 5) is 21.8. The van der Waals surface area contributed by atoms with Gasteiger partial charge < -0.3 is 14.9 Å². The number of aliphatic hydroxyl groups is 1. The number of ether oxygens (including phenoxy) is 1. The Morgan fingerprint density at radius 1 is 1.60 bits per heavy atom. The van der Waals surface area contributed by atoms with Gasteiger partial charge in [-0.15, -0.1) is 11.3 Å². The second-order valence-electron chi connectivity index (χ2n) is 2.81. The predicted octanol–water partition coefficient (Wildman–Crippen LogP) is 1.04. The van der Waals surface area contributed by atoms with Crippen LogP contribution in [-0.2, 0) is 9.53 Å². The van der Waals surface area contributed by atoms with Crippen molar-refractivity contribution in [2.75, 3.05) is 7.11 Å². The topological polar surface area (TPSA) is 83.8 Å². The summed E-state index contributed by atoms with van der Waals surface area (Å²) in [6.07, 6.45) is -1.61. The zero-order valence-corrected chi connectivity index (χ0v) is 8.78. The summed E-state index contributed by atoms with van der Waals surface area (Å²) in [5.74, 6) is -1.69. The largest absolute Gasteiger partial charge is 0.481 e. The normalized spacial score (nSPS) is 12.1. The van der Waals surface area contributed by atoms with Crippen LogP contribution in [-0.4, -0.2) is 29.3 Å². The van der Waals surface area contributed by atoms with Crippen molar-refractivity contribution in [1.29, 1.82) is 0 Å². The zero-order valence-electron chi connectivity index (χ0n) is 7.97. The quantitative estimate of drug-likeness (QED) is 0.755. The number of hydrogen-bond acceptors (Lipinski definition) is 5. The van der Waals surface area contributed by atoms with Gasteiger partial charge in [0.25, 0.3) is 0 Å². The van der Waals surface area contributed by atoms with Crippen molar-refractivity contribution in [2.24, 2.45) is 0 Å². The van der Waals surface area contributed by atoms with E-state index in [0.717, 1.165) is 11.3 Å². The number of hydrogen-bond donors (Lipinski definition) is 2. The summed E-state index contributed by atoms with van der Waals surface area (Å²) in [5, 5.41) is 19.6. The molecule has 0 spiro atoms. The van der Waals surface area contributed by atoms with Crippen molar-refractivity contribution in [3.05, 3.63) is 21.9 Å². The van der Waals surface area contributed by atoms with Gasteiger partial charge in [-0.1, -0.05) is 0 Å². The van der Waals surface area contributed by atoms with E-state index in [0.29, 0.717) is 5.56 Å². The molecule has 0 aliphatic rings. The van der Waals surface area contributed by atoms with Gasteiger partial charge in [0.05, 0.1) is 19.6 Å². The van der Waals surface area contributed by atoms with Gasteiger partial charge in [-0.25, -0.2) is 4.79 Å². The summed E-state index contributed by atoms with van der Waals surface area (Å²) >= 11 is 1.11. The molecule has 0 fully saturated rings. The van der Waals surface area contributed by atoms with Crippen molar-refractivity contribution in [1.82, 2.24) is 0 Å². The van der Waals surface area contributed by atoms with Crippen LogP contribution >= 0.6 is 11.3 Å². The Morgan fingerprint density at radius 3 is 2.80 bits per heavy atom. The van der Waals surface area contributed by atoms with E-state index in [-0.39, 0.29) is 4.88 Å². The maximum Gasteiger partial charge on any atom is 0.348 e. The maximum absolute atomic E-state index is 11.2. The molecule has 5 nitrogen and oxygen atoms in total. The van der Waals surface area contributed by atoms with E-state index in [1.165, 1.54) is 13.2 Å². The molecule has 0 aliphatic heterocycles. The molecule has 15 heavy (non-hydrogen) atoms. The molecule has 1 aromatic rings. The molecule has 0 bridgehead atoms. The average molecular weight is 230 g/mol. The highest BCUT2D eigenvalue weighted by molar-refractivity contribution is 7.12. The van der Waals surface area contributed by atoms with Crippen molar-refractivity contribution in [3.8, 4) is 0 Å². The molecule has 1 atom stereocenters. The second kappa shape index (κ2) is 4.90. The summed E-state index contributed by atoms with van der Waals surface area (Å²) in [7, 11) is 1.23. The molecule has 1 unspecified atom stereocenters. The van der Waals surface area contributed by atoms with Crippen molar-refractivity contribution in [3.63, 3.8) is 0 Å². The Morgan fingerprint density at radius 2 is 2.27 bits per heavy atom. The van der Waals surface area contributed by atoms with Crippen LogP contribution in [0.1, 0.15) is 27.8 Å². The number of aliphatic hydroxyl groups excluding tert-OH is 1. The van der Waals surface area contributed by atoms with Crippen molar-refractivity contribution >= 4 is 23.3 Å². The van der Waals surface area contributed by atoms with Crippen LogP contribution in [0.15, 0.2) is 11.4 Å². The van der Waals surface area contributed by atoms with Crippen LogP contribution in [0, 0.1) is 0 Å². The summed E-state index contributed by atoms with van der Waals surface area (Å²) in [5.41, 5.74) is 0.300. The molecule has 0 aliphatic carbocycles. The molecular formula is C9H10O5S. The Labute approximate surface area is 89.9 Å². The summed E-state index contributed by atoms with van der Waals surface area (Å²) in [6, 6.07) is 1.52. The first-order valence-electron chi connectivity index (χ1n) is 4.11. The fourth-order valence-electron chi connectivity index (χ4n) is 1.12. The van der Waals surface area contributed by atoms with E-state index >= 15 is 0 Å². The Bertz CT molecular complexity index is 370. The average Bonchev–Trinajstić information content (AvgIpc) is 2.63. The Balaban J connectivity index is 2.89. The van der Waals surface area contributed by atoms with Gasteiger partial charge in [0.15, 0.2) is 0 Å². The van der Waals surface area contributed by atoms with Crippen LogP contribution in [0.5, 0.6) is 0 Å². The third kappa shape index (κ3) is 2.77. The summed E-state index contributed by atoms with van der Waals surface area (Å²) in [6.45, 7) is 0. The van der Waals surface area contributed by atoms with E-state index < -0.39 is 24.5 Å². The van der Waals surface area contributed by atoms with Crippen molar-refractivity contribution in [2.45, 2.75) is 12.5 Å². The lowest BCUT2D eigenvalue weighted by Crippen LogP contribution is -2.09. The monoisotopic (exact) mass is 230 g/mol. The highest BCUT2D eigenvalue weighted by atomic mass is 32.1. The van der Waals surface area contributed by atoms with E-state index in [2.05, 4.69) is 4.74 Å². The van der Waals surface area contributed by atoms with Crippen LogP contribution in [0.3, 0.4) is 0 Å². The second-order valence-corrected chi connectivity index (χ2v) is 3.73. The number of carboxylic acid groups (broad SMARTS) is 1. The first kappa shape index (κ1) is 11.7. The van der Waals surface area contributed by atoms with Gasteiger partial charge in [-0.2, -0.15) is 0 Å². The molecule has 2 N–H and O–H groups in total. The fraction of sp³-hybridized carbons (Fsp3) is 0.333. The first-order chi connectivity index (χ1) is 7.06. The van der Waals surface area contributed by atoms with E-state index in [1.807, 2.05) is 0 Å². The smallest absolute Gasteiger partial charge is 0.348 e. The molecule has 0 saturated heterocycles. The number of carboxylic acids is 1. The molecule has 0 aromatic carbocycles. The highest BCUT2D eigenvalue weighted by Gasteiger charge is 2.21. The molecule has 1 aromatic heterocycles. The summed E-state index contributed by atoms with van der Waals surface area (Å²) < 4.78 is 4.50. The number of aliphatic carboxylic acids is 1. The SMILES string of the molecule is COC(=O)c1sccc1C(O)CC(=O)O. The minimum Gasteiger partial charge on any atom is -0.481 e. The Hall–Kier alpha value is -1.40. The molecule has 6 heteroatoms. The van der Waals surface area contributed by atoms with Gasteiger partial charge in [-0.3, -0.25) is 4.79 Å². The lowest BCUT2D eigenvalue weighted by molar-refractivity contribution is -0.139. The number of thiophene rings is 1. The van der Waals surface area contributed by atoms with Crippen molar-refractivity contribution < 1.29 is 24.5 Å². The lowest BCUT2D eigenvalue weighted by Gasteiger charge is -2.07. The number of carbonyl (C=O) groups excluding carboxylic acids is 1. The van der Waals surface area contributed by atoms with Crippen LogP contribution in [0.4, 0.5) is 0 Å². The van der Waals surface area contributed by atoms with Gasteiger partial charge in [0.2, 0.25) is 0 Å². The zero-order chi connectivity index (χ0) is 11.4. The molecule has 0 radical (unpaired) electrons. The third-order valence-electron chi connectivity index (χ3n) is 1.79. The van der Waals surface area contributed by atoms with E-state index in [1.54, 1.807) is 5.38 Å². The molecule has 0 saturated carbocycles. The first-order valence-corrected chi connectivity index (χ1v) is 4.99. The van der Waals surface area contributed by atoms with Gasteiger partial charge in [0, 0.05) is 5.56 Å². The van der Waals surface area contributed by atoms with Gasteiger partial charge in [0.1, 0.15) is 4.88 Å². The number of rotatable bonds is 4. The minimum atomic E-state index is -1.18.